The number of methoxy groups -OCH3 is 1. The van der Waals surface area contributed by atoms with Crippen molar-refractivity contribution in [3.63, 3.8) is 0 Å². The quantitative estimate of drug-likeness (QED) is 0.736. The van der Waals surface area contributed by atoms with Gasteiger partial charge < -0.3 is 9.30 Å². The molecule has 0 bridgehead atoms. The van der Waals surface area contributed by atoms with Crippen LogP contribution in [-0.4, -0.2) is 25.1 Å². The Kier molecular flexibility index (Phi) is 4.87. The van der Waals surface area contributed by atoms with Crippen LogP contribution >= 0.6 is 0 Å². The lowest BCUT2D eigenvalue weighted by Crippen LogP contribution is -2.31. The van der Waals surface area contributed by atoms with Gasteiger partial charge in [-0.05, 0) is 29.8 Å². The monoisotopic (exact) mass is 357 g/mol. The first-order valence-corrected chi connectivity index (χ1v) is 9.18. The van der Waals surface area contributed by atoms with Crippen molar-refractivity contribution in [3.05, 3.63) is 78.4 Å². The molecular weight excluding hydrogens is 338 g/mol. The first kappa shape index (κ1) is 17.2. The van der Waals surface area contributed by atoms with Crippen molar-refractivity contribution >= 4 is 10.0 Å². The summed E-state index contributed by atoms with van der Waals surface area (Å²) in [6.07, 6.45) is 3.42. The molecule has 2 aromatic carbocycles. The zero-order valence-electron chi connectivity index (χ0n) is 14.0. The van der Waals surface area contributed by atoms with Gasteiger partial charge >= 0.3 is 0 Å². The minimum atomic E-state index is -3.71. The molecule has 1 atom stereocenters. The topological polar surface area (TPSA) is 73.2 Å². The average molecular weight is 357 g/mol. The highest BCUT2D eigenvalue weighted by Crippen LogP contribution is 2.26. The summed E-state index contributed by atoms with van der Waals surface area (Å²) in [5.41, 5.74) is 0.744. The Morgan fingerprint density at radius 1 is 1.12 bits per heavy atom. The third-order valence-electron chi connectivity index (χ3n) is 3.87. The fourth-order valence-electron chi connectivity index (χ4n) is 2.57. The normalized spacial score (nSPS) is 12.7. The van der Waals surface area contributed by atoms with E-state index < -0.39 is 16.1 Å². The first-order valence-electron chi connectivity index (χ1n) is 7.70. The second-order valence-electron chi connectivity index (χ2n) is 5.54. The van der Waals surface area contributed by atoms with Crippen molar-refractivity contribution in [3.8, 4) is 5.75 Å². The van der Waals surface area contributed by atoms with Crippen LogP contribution in [0.1, 0.15) is 17.4 Å². The summed E-state index contributed by atoms with van der Waals surface area (Å²) in [4.78, 5) is 4.53. The first-order chi connectivity index (χ1) is 12.0. The molecule has 0 aliphatic carbocycles. The second-order valence-corrected chi connectivity index (χ2v) is 7.25. The van der Waals surface area contributed by atoms with Crippen molar-refractivity contribution in [2.24, 2.45) is 7.05 Å². The zero-order chi connectivity index (χ0) is 17.9. The largest absolute Gasteiger partial charge is 0.497 e. The lowest BCUT2D eigenvalue weighted by molar-refractivity contribution is 0.413. The Balaban J connectivity index is 2.05. The van der Waals surface area contributed by atoms with Crippen molar-refractivity contribution in [1.29, 1.82) is 0 Å². The van der Waals surface area contributed by atoms with Gasteiger partial charge in [-0.3, -0.25) is 0 Å². The maximum Gasteiger partial charge on any atom is 0.241 e. The molecule has 3 rings (SSSR count). The van der Waals surface area contributed by atoms with E-state index >= 15 is 0 Å². The Morgan fingerprint density at radius 3 is 2.52 bits per heavy atom. The smallest absolute Gasteiger partial charge is 0.241 e. The molecule has 0 spiro atoms. The highest BCUT2D eigenvalue weighted by molar-refractivity contribution is 7.89. The number of aryl methyl sites for hydroxylation is 1. The van der Waals surface area contributed by atoms with Gasteiger partial charge in [0.05, 0.1) is 12.0 Å². The number of nitrogens with one attached hydrogen (secondary N) is 1. The van der Waals surface area contributed by atoms with E-state index in [1.165, 1.54) is 0 Å². The maximum atomic E-state index is 12.8. The molecule has 6 nitrogen and oxygen atoms in total. The summed E-state index contributed by atoms with van der Waals surface area (Å²) in [5, 5.41) is 0. The van der Waals surface area contributed by atoms with Crippen molar-refractivity contribution in [2.75, 3.05) is 7.11 Å². The Morgan fingerprint density at radius 2 is 1.88 bits per heavy atom. The number of sulfonamides is 1. The Hall–Kier alpha value is -2.64. The van der Waals surface area contributed by atoms with Crippen LogP contribution < -0.4 is 9.46 Å². The van der Waals surface area contributed by atoms with Crippen LogP contribution in [0.15, 0.2) is 71.9 Å². The number of hydrogen-bond donors (Lipinski definition) is 1. The summed E-state index contributed by atoms with van der Waals surface area (Å²) in [6.45, 7) is 0. The summed E-state index contributed by atoms with van der Waals surface area (Å²) < 4.78 is 35.4. The van der Waals surface area contributed by atoms with E-state index in [4.69, 9.17) is 4.74 Å². The minimum Gasteiger partial charge on any atom is -0.497 e. The molecule has 0 saturated heterocycles. The van der Waals surface area contributed by atoms with Crippen molar-refractivity contribution in [2.45, 2.75) is 10.9 Å². The second kappa shape index (κ2) is 7.08. The lowest BCUT2D eigenvalue weighted by atomic mass is 10.1. The molecule has 3 aromatic rings. The standard InChI is InChI=1S/C18H19N3O3S/c1-21-12-11-19-18(21)17(14-7-6-8-15(13-14)24-2)20-25(22,23)16-9-4-3-5-10-16/h3-13,17,20H,1-2H3/t17-/m0/s1. The highest BCUT2D eigenvalue weighted by atomic mass is 32.2. The number of rotatable bonds is 6. The van der Waals surface area contributed by atoms with E-state index in [1.54, 1.807) is 60.5 Å². The molecule has 0 radical (unpaired) electrons. The van der Waals surface area contributed by atoms with Gasteiger partial charge in [-0.1, -0.05) is 30.3 Å². The number of nitrogens with zero attached hydrogens (tertiary/aromatic N) is 2. The SMILES string of the molecule is COc1cccc([C@H](NS(=O)(=O)c2ccccc2)c2nccn2C)c1. The third-order valence-corrected chi connectivity index (χ3v) is 5.31. The summed E-state index contributed by atoms with van der Waals surface area (Å²) in [5.74, 6) is 1.24. The van der Waals surface area contributed by atoms with E-state index in [1.807, 2.05) is 25.2 Å². The maximum absolute atomic E-state index is 12.8. The number of benzene rings is 2. The van der Waals surface area contributed by atoms with Gasteiger partial charge in [-0.2, -0.15) is 4.72 Å². The highest BCUT2D eigenvalue weighted by Gasteiger charge is 2.25. The van der Waals surface area contributed by atoms with Gasteiger partial charge in [-0.25, -0.2) is 13.4 Å². The number of ether oxygens (including phenoxy) is 1. The van der Waals surface area contributed by atoms with Crippen LogP contribution in [0.3, 0.4) is 0 Å². The molecular formula is C18H19N3O3S. The molecule has 0 saturated carbocycles. The van der Waals surface area contributed by atoms with E-state index in [-0.39, 0.29) is 4.90 Å². The number of aromatic nitrogens is 2. The van der Waals surface area contributed by atoms with Gasteiger partial charge in [0.15, 0.2) is 0 Å². The third kappa shape index (κ3) is 3.72. The number of imidazole rings is 1. The molecule has 1 aromatic heterocycles. The van der Waals surface area contributed by atoms with E-state index in [9.17, 15) is 8.42 Å². The van der Waals surface area contributed by atoms with Gasteiger partial charge in [0.1, 0.15) is 17.6 Å². The average Bonchev–Trinajstić information content (AvgIpc) is 3.06. The van der Waals surface area contributed by atoms with Crippen LogP contribution in [0.2, 0.25) is 0 Å². The molecule has 1 heterocycles. The van der Waals surface area contributed by atoms with Gasteiger partial charge in [0, 0.05) is 19.4 Å². The zero-order valence-corrected chi connectivity index (χ0v) is 14.8. The van der Waals surface area contributed by atoms with Crippen LogP contribution in [0.25, 0.3) is 0 Å². The van der Waals surface area contributed by atoms with Crippen molar-refractivity contribution in [1.82, 2.24) is 14.3 Å². The fraction of sp³-hybridized carbons (Fsp3) is 0.167. The number of hydrogen-bond acceptors (Lipinski definition) is 4. The van der Waals surface area contributed by atoms with Crippen molar-refractivity contribution < 1.29 is 13.2 Å². The molecule has 130 valence electrons. The van der Waals surface area contributed by atoms with Gasteiger partial charge in [0.25, 0.3) is 0 Å². The van der Waals surface area contributed by atoms with E-state index in [2.05, 4.69) is 9.71 Å². The summed E-state index contributed by atoms with van der Waals surface area (Å²) >= 11 is 0. The summed E-state index contributed by atoms with van der Waals surface area (Å²) in [7, 11) is -0.316. The van der Waals surface area contributed by atoms with Crippen LogP contribution in [-0.2, 0) is 17.1 Å². The Bertz CT molecular complexity index is 952. The molecule has 0 unspecified atom stereocenters. The predicted molar refractivity (Wildman–Crippen MR) is 94.8 cm³/mol. The molecule has 0 amide bonds. The predicted octanol–water partition coefficient (Wildman–Crippen LogP) is 2.50. The Labute approximate surface area is 147 Å². The minimum absolute atomic E-state index is 0.206. The van der Waals surface area contributed by atoms with Crippen LogP contribution in [0, 0.1) is 0 Å². The fourth-order valence-corrected chi connectivity index (χ4v) is 3.77. The van der Waals surface area contributed by atoms with E-state index in [0.29, 0.717) is 11.6 Å². The summed E-state index contributed by atoms with van der Waals surface area (Å²) in [6, 6.07) is 14.9. The van der Waals surface area contributed by atoms with E-state index in [0.717, 1.165) is 5.56 Å². The molecule has 0 aliphatic rings. The molecule has 0 aliphatic heterocycles. The lowest BCUT2D eigenvalue weighted by Gasteiger charge is -2.19. The van der Waals surface area contributed by atoms with Gasteiger partial charge in [0.2, 0.25) is 10.0 Å². The molecule has 0 fully saturated rings. The molecule has 25 heavy (non-hydrogen) atoms. The van der Waals surface area contributed by atoms with Crippen LogP contribution in [0.4, 0.5) is 0 Å². The van der Waals surface area contributed by atoms with Gasteiger partial charge in [-0.15, -0.1) is 0 Å². The molecule has 7 heteroatoms. The van der Waals surface area contributed by atoms with Crippen LogP contribution in [0.5, 0.6) is 5.75 Å². The molecule has 1 N–H and O–H groups in total.